The Bertz CT molecular complexity index is 1300. The van der Waals surface area contributed by atoms with Crippen LogP contribution >= 0.6 is 11.6 Å². The molecule has 5 rings (SSSR count). The molecule has 0 unspecified atom stereocenters. The Morgan fingerprint density at radius 2 is 1.81 bits per heavy atom. The molecular weight excluding hydrogens is 432 g/mol. The molecule has 9 nitrogen and oxygen atoms in total. The van der Waals surface area contributed by atoms with E-state index in [2.05, 4.69) is 20.0 Å². The predicted octanol–water partition coefficient (Wildman–Crippen LogP) is 2.38. The molecule has 0 atom stereocenters. The molecule has 4 aromatic rings. The van der Waals surface area contributed by atoms with Gasteiger partial charge in [0.1, 0.15) is 6.54 Å². The molecule has 0 spiro atoms. The first-order valence-electron chi connectivity index (χ1n) is 10.3. The highest BCUT2D eigenvalue weighted by Crippen LogP contribution is 2.19. The van der Waals surface area contributed by atoms with E-state index in [1.165, 1.54) is 4.57 Å². The normalized spacial score (nSPS) is 14.8. The van der Waals surface area contributed by atoms with Gasteiger partial charge in [-0.3, -0.25) is 14.3 Å². The number of aromatic nitrogens is 4. The minimum Gasteiger partial charge on any atom is -0.339 e. The van der Waals surface area contributed by atoms with E-state index in [0.717, 1.165) is 16.6 Å². The maximum atomic E-state index is 12.8. The SMILES string of the molecule is O=C(Cn1c(=O)[nH]c2ccccc21)N1CCN(Cc2nc(-c3ccc(Cl)cc3)no2)CC1. The second-order valence-electron chi connectivity index (χ2n) is 7.71. The van der Waals surface area contributed by atoms with Crippen molar-refractivity contribution in [2.45, 2.75) is 13.1 Å². The van der Waals surface area contributed by atoms with E-state index in [1.807, 2.05) is 36.4 Å². The van der Waals surface area contributed by atoms with Crippen LogP contribution in [0.1, 0.15) is 5.89 Å². The van der Waals surface area contributed by atoms with Gasteiger partial charge >= 0.3 is 5.69 Å². The lowest BCUT2D eigenvalue weighted by Gasteiger charge is -2.34. The van der Waals surface area contributed by atoms with E-state index in [4.69, 9.17) is 16.1 Å². The Kier molecular flexibility index (Phi) is 5.50. The number of nitrogens with one attached hydrogen (secondary N) is 1. The Morgan fingerprint density at radius 3 is 2.59 bits per heavy atom. The molecule has 2 aromatic carbocycles. The number of rotatable bonds is 5. The van der Waals surface area contributed by atoms with E-state index in [-0.39, 0.29) is 18.1 Å². The number of imidazole rings is 1. The molecule has 2 aromatic heterocycles. The topological polar surface area (TPSA) is 100 Å². The molecule has 0 radical (unpaired) electrons. The molecule has 1 aliphatic rings. The minimum absolute atomic E-state index is 0.0248. The molecule has 32 heavy (non-hydrogen) atoms. The van der Waals surface area contributed by atoms with E-state index in [9.17, 15) is 9.59 Å². The number of H-pyrrole nitrogens is 1. The van der Waals surface area contributed by atoms with Crippen LogP contribution in [-0.2, 0) is 17.9 Å². The number of carbonyl (C=O) groups excluding carboxylic acids is 1. The third kappa shape index (κ3) is 4.17. The zero-order chi connectivity index (χ0) is 22.1. The largest absolute Gasteiger partial charge is 0.339 e. The molecule has 1 fully saturated rings. The highest BCUT2D eigenvalue weighted by atomic mass is 35.5. The number of carbonyl (C=O) groups is 1. The minimum atomic E-state index is -0.272. The van der Waals surface area contributed by atoms with Crippen molar-refractivity contribution in [3.8, 4) is 11.4 Å². The average Bonchev–Trinajstić information content (AvgIpc) is 3.39. The van der Waals surface area contributed by atoms with E-state index >= 15 is 0 Å². The van der Waals surface area contributed by atoms with Crippen molar-refractivity contribution >= 4 is 28.5 Å². The summed E-state index contributed by atoms with van der Waals surface area (Å²) in [6.07, 6.45) is 0. The van der Waals surface area contributed by atoms with E-state index in [1.54, 1.807) is 17.0 Å². The summed E-state index contributed by atoms with van der Waals surface area (Å²) in [5.41, 5.74) is 2.03. The molecule has 0 saturated carbocycles. The lowest BCUT2D eigenvalue weighted by molar-refractivity contribution is -0.133. The van der Waals surface area contributed by atoms with Gasteiger partial charge in [-0.1, -0.05) is 28.9 Å². The van der Waals surface area contributed by atoms with Crippen LogP contribution < -0.4 is 5.69 Å². The van der Waals surface area contributed by atoms with Gasteiger partial charge < -0.3 is 14.4 Å². The monoisotopic (exact) mass is 452 g/mol. The molecule has 0 bridgehead atoms. The fourth-order valence-electron chi connectivity index (χ4n) is 3.88. The van der Waals surface area contributed by atoms with Crippen LogP contribution in [0.4, 0.5) is 0 Å². The van der Waals surface area contributed by atoms with Crippen LogP contribution in [0.25, 0.3) is 22.4 Å². The maximum Gasteiger partial charge on any atom is 0.326 e. The maximum absolute atomic E-state index is 12.8. The zero-order valence-corrected chi connectivity index (χ0v) is 18.0. The number of para-hydroxylation sites is 2. The van der Waals surface area contributed by atoms with Crippen molar-refractivity contribution in [1.82, 2.24) is 29.5 Å². The van der Waals surface area contributed by atoms with Crippen LogP contribution in [0.3, 0.4) is 0 Å². The summed E-state index contributed by atoms with van der Waals surface area (Å²) >= 11 is 5.92. The van der Waals surface area contributed by atoms with Gasteiger partial charge in [0.15, 0.2) is 0 Å². The van der Waals surface area contributed by atoms with Crippen LogP contribution in [0.5, 0.6) is 0 Å². The van der Waals surface area contributed by atoms with Crippen molar-refractivity contribution < 1.29 is 9.32 Å². The number of nitrogens with zero attached hydrogens (tertiary/aromatic N) is 5. The molecule has 1 N–H and O–H groups in total. The van der Waals surface area contributed by atoms with Gasteiger partial charge in [0.2, 0.25) is 17.6 Å². The van der Waals surface area contributed by atoms with Gasteiger partial charge in [-0.2, -0.15) is 4.98 Å². The molecule has 10 heteroatoms. The molecule has 1 saturated heterocycles. The average molecular weight is 453 g/mol. The Morgan fingerprint density at radius 1 is 1.06 bits per heavy atom. The van der Waals surface area contributed by atoms with Crippen LogP contribution in [0.2, 0.25) is 5.02 Å². The van der Waals surface area contributed by atoms with Crippen molar-refractivity contribution in [1.29, 1.82) is 0 Å². The summed E-state index contributed by atoms with van der Waals surface area (Å²) in [5, 5.41) is 4.70. The standard InChI is InChI=1S/C22H21ClN6O3/c23-16-7-5-15(6-8-16)21-25-19(32-26-21)13-27-9-11-28(12-10-27)20(30)14-29-18-4-2-1-3-17(18)24-22(29)31/h1-8H,9-14H2,(H,24,31). The molecule has 1 amide bonds. The molecule has 0 aliphatic carbocycles. The van der Waals surface area contributed by atoms with Gasteiger partial charge in [0, 0.05) is 36.8 Å². The zero-order valence-electron chi connectivity index (χ0n) is 17.2. The van der Waals surface area contributed by atoms with Crippen molar-refractivity contribution in [3.05, 3.63) is 69.9 Å². The lowest BCUT2D eigenvalue weighted by atomic mass is 10.2. The first-order valence-corrected chi connectivity index (χ1v) is 10.7. The number of hydrogen-bond donors (Lipinski definition) is 1. The first-order chi connectivity index (χ1) is 15.6. The van der Waals surface area contributed by atoms with Gasteiger partial charge in [-0.15, -0.1) is 0 Å². The fourth-order valence-corrected chi connectivity index (χ4v) is 4.01. The number of aromatic amines is 1. The van der Waals surface area contributed by atoms with E-state index < -0.39 is 0 Å². The third-order valence-electron chi connectivity index (χ3n) is 5.63. The quantitative estimate of drug-likeness (QED) is 0.499. The summed E-state index contributed by atoms with van der Waals surface area (Å²) in [4.78, 5) is 36.2. The van der Waals surface area contributed by atoms with Crippen LogP contribution in [0, 0.1) is 0 Å². The number of piperazine rings is 1. The molecule has 1 aliphatic heterocycles. The molecule has 164 valence electrons. The summed E-state index contributed by atoms with van der Waals surface area (Å²) in [6, 6.07) is 14.6. The number of amides is 1. The summed E-state index contributed by atoms with van der Waals surface area (Å²) in [6.45, 7) is 3.07. The smallest absolute Gasteiger partial charge is 0.326 e. The fraction of sp³-hybridized carbons (Fsp3) is 0.273. The van der Waals surface area contributed by atoms with Gasteiger partial charge in [-0.05, 0) is 36.4 Å². The highest BCUT2D eigenvalue weighted by molar-refractivity contribution is 6.30. The van der Waals surface area contributed by atoms with Crippen LogP contribution in [0.15, 0.2) is 57.8 Å². The summed E-state index contributed by atoms with van der Waals surface area (Å²) in [7, 11) is 0. The van der Waals surface area contributed by atoms with Crippen molar-refractivity contribution in [3.63, 3.8) is 0 Å². The lowest BCUT2D eigenvalue weighted by Crippen LogP contribution is -2.49. The summed E-state index contributed by atoms with van der Waals surface area (Å²) < 4.78 is 6.88. The first kappa shape index (κ1) is 20.5. The van der Waals surface area contributed by atoms with Crippen molar-refractivity contribution in [2.75, 3.05) is 26.2 Å². The van der Waals surface area contributed by atoms with Gasteiger partial charge in [-0.25, -0.2) is 4.79 Å². The number of hydrogen-bond acceptors (Lipinski definition) is 6. The van der Waals surface area contributed by atoms with Crippen LogP contribution in [-0.4, -0.2) is 61.6 Å². The highest BCUT2D eigenvalue weighted by Gasteiger charge is 2.23. The number of fused-ring (bicyclic) bond motifs is 1. The number of halogens is 1. The Balaban J connectivity index is 1.17. The second-order valence-corrected chi connectivity index (χ2v) is 8.15. The molecule has 3 heterocycles. The third-order valence-corrected chi connectivity index (χ3v) is 5.88. The van der Waals surface area contributed by atoms with Crippen molar-refractivity contribution in [2.24, 2.45) is 0 Å². The second kappa shape index (κ2) is 8.60. The van der Waals surface area contributed by atoms with E-state index in [0.29, 0.717) is 49.5 Å². The Labute approximate surface area is 188 Å². The molecular formula is C22H21ClN6O3. The Hall–Kier alpha value is -3.43. The number of benzene rings is 2. The predicted molar refractivity (Wildman–Crippen MR) is 119 cm³/mol. The van der Waals surface area contributed by atoms with Gasteiger partial charge in [0.25, 0.3) is 0 Å². The van der Waals surface area contributed by atoms with Gasteiger partial charge in [0.05, 0.1) is 17.6 Å². The summed E-state index contributed by atoms with van der Waals surface area (Å²) in [5.74, 6) is 0.981.